The molecule has 0 aromatic carbocycles. The Morgan fingerprint density at radius 1 is 1.38 bits per heavy atom. The van der Waals surface area contributed by atoms with Crippen molar-refractivity contribution in [3.8, 4) is 5.82 Å². The fourth-order valence-corrected chi connectivity index (χ4v) is 1.37. The molecule has 2 rings (SSSR count). The number of hydrogen-bond acceptors (Lipinski definition) is 3. The van der Waals surface area contributed by atoms with E-state index in [-0.39, 0.29) is 12.2 Å². The minimum atomic E-state index is -2.58. The van der Waals surface area contributed by atoms with Gasteiger partial charge >= 0.3 is 0 Å². The first-order valence-corrected chi connectivity index (χ1v) is 4.70. The van der Waals surface area contributed by atoms with E-state index in [1.54, 1.807) is 18.3 Å². The van der Waals surface area contributed by atoms with Crippen LogP contribution in [0, 0.1) is 0 Å². The first-order valence-electron chi connectivity index (χ1n) is 4.70. The smallest absolute Gasteiger partial charge is 0.282 e. The molecular formula is C10H10F2N4. The van der Waals surface area contributed by atoms with Gasteiger partial charge in [-0.15, -0.1) is 0 Å². The van der Waals surface area contributed by atoms with Crippen LogP contribution in [0.1, 0.15) is 17.7 Å². The minimum absolute atomic E-state index is 0.270. The molecule has 0 saturated carbocycles. The number of nitrogens with zero attached hydrogens (tertiary/aromatic N) is 3. The lowest BCUT2D eigenvalue weighted by Crippen LogP contribution is -2.07. The third kappa shape index (κ3) is 1.92. The van der Waals surface area contributed by atoms with Gasteiger partial charge in [-0.2, -0.15) is 5.10 Å². The van der Waals surface area contributed by atoms with Gasteiger partial charge in [0, 0.05) is 24.5 Å². The lowest BCUT2D eigenvalue weighted by molar-refractivity contribution is 0.145. The predicted molar refractivity (Wildman–Crippen MR) is 54.2 cm³/mol. The summed E-state index contributed by atoms with van der Waals surface area (Å²) < 4.78 is 26.0. The number of hydrogen-bond donors (Lipinski definition) is 1. The van der Waals surface area contributed by atoms with Gasteiger partial charge in [0.1, 0.15) is 5.69 Å². The second-order valence-corrected chi connectivity index (χ2v) is 3.18. The summed E-state index contributed by atoms with van der Waals surface area (Å²) in [4.78, 5) is 4.07. The molecule has 0 radical (unpaired) electrons. The van der Waals surface area contributed by atoms with Crippen molar-refractivity contribution >= 4 is 0 Å². The Balaban J connectivity index is 2.42. The monoisotopic (exact) mass is 224 g/mol. The van der Waals surface area contributed by atoms with Crippen LogP contribution in [-0.2, 0) is 6.54 Å². The molecule has 0 aliphatic rings. The summed E-state index contributed by atoms with van der Waals surface area (Å²) in [6.45, 7) is 0.285. The number of halogens is 2. The van der Waals surface area contributed by atoms with Gasteiger partial charge in [-0.1, -0.05) is 6.07 Å². The van der Waals surface area contributed by atoms with Gasteiger partial charge in [0.05, 0.1) is 0 Å². The van der Waals surface area contributed by atoms with Crippen molar-refractivity contribution in [2.24, 2.45) is 5.73 Å². The van der Waals surface area contributed by atoms with Crippen LogP contribution in [0.3, 0.4) is 0 Å². The highest BCUT2D eigenvalue weighted by molar-refractivity contribution is 5.32. The van der Waals surface area contributed by atoms with Crippen molar-refractivity contribution < 1.29 is 8.78 Å². The molecule has 0 amide bonds. The van der Waals surface area contributed by atoms with Gasteiger partial charge < -0.3 is 5.73 Å². The van der Waals surface area contributed by atoms with E-state index in [1.807, 2.05) is 0 Å². The van der Waals surface area contributed by atoms with E-state index in [0.29, 0.717) is 5.82 Å². The summed E-state index contributed by atoms with van der Waals surface area (Å²) in [5, 5.41) is 3.74. The summed E-state index contributed by atoms with van der Waals surface area (Å²) in [5.41, 5.74) is 6.01. The van der Waals surface area contributed by atoms with Crippen LogP contribution in [0.5, 0.6) is 0 Å². The summed E-state index contributed by atoms with van der Waals surface area (Å²) in [6.07, 6.45) is 0.438. The Morgan fingerprint density at radius 3 is 2.81 bits per heavy atom. The van der Waals surface area contributed by atoms with Crippen LogP contribution >= 0.6 is 0 Å². The van der Waals surface area contributed by atoms with Crippen molar-refractivity contribution in [3.63, 3.8) is 0 Å². The Bertz CT molecular complexity index is 481. The third-order valence-corrected chi connectivity index (χ3v) is 2.14. The molecule has 0 fully saturated rings. The van der Waals surface area contributed by atoms with Gasteiger partial charge in [0.2, 0.25) is 0 Å². The van der Waals surface area contributed by atoms with Crippen molar-refractivity contribution in [2.75, 3.05) is 0 Å². The van der Waals surface area contributed by atoms with Gasteiger partial charge in [-0.3, -0.25) is 0 Å². The number of alkyl halides is 2. The molecule has 0 aliphatic heterocycles. The molecule has 0 aliphatic carbocycles. The van der Waals surface area contributed by atoms with E-state index in [4.69, 9.17) is 5.73 Å². The molecular weight excluding hydrogens is 214 g/mol. The quantitative estimate of drug-likeness (QED) is 0.862. The third-order valence-electron chi connectivity index (χ3n) is 2.14. The standard InChI is InChI=1S/C10H10F2N4/c11-9(12)8-3-5-16(15-8)10-7(6-13)2-1-4-14-10/h1-5,9H,6,13H2. The Morgan fingerprint density at radius 2 is 2.19 bits per heavy atom. The van der Waals surface area contributed by atoms with Crippen molar-refractivity contribution in [2.45, 2.75) is 13.0 Å². The van der Waals surface area contributed by atoms with E-state index in [1.165, 1.54) is 16.9 Å². The Labute approximate surface area is 90.7 Å². The van der Waals surface area contributed by atoms with Crippen LogP contribution < -0.4 is 5.73 Å². The van der Waals surface area contributed by atoms with E-state index in [9.17, 15) is 8.78 Å². The average molecular weight is 224 g/mol. The normalized spacial score (nSPS) is 11.0. The summed E-state index contributed by atoms with van der Waals surface area (Å²) in [5.74, 6) is 0.483. The molecule has 0 atom stereocenters. The van der Waals surface area contributed by atoms with Gasteiger partial charge in [-0.25, -0.2) is 18.4 Å². The zero-order valence-corrected chi connectivity index (χ0v) is 8.35. The molecule has 0 saturated heterocycles. The molecule has 2 N–H and O–H groups in total. The van der Waals surface area contributed by atoms with E-state index < -0.39 is 6.43 Å². The number of rotatable bonds is 3. The summed E-state index contributed by atoms with van der Waals surface area (Å²) >= 11 is 0. The molecule has 0 unspecified atom stereocenters. The number of pyridine rings is 1. The first-order chi connectivity index (χ1) is 7.72. The molecule has 84 valence electrons. The molecule has 2 aromatic heterocycles. The van der Waals surface area contributed by atoms with Crippen molar-refractivity contribution in [1.82, 2.24) is 14.8 Å². The van der Waals surface area contributed by atoms with Crippen LogP contribution in [-0.4, -0.2) is 14.8 Å². The van der Waals surface area contributed by atoms with E-state index in [2.05, 4.69) is 10.1 Å². The Kier molecular flexibility index (Phi) is 2.91. The molecule has 0 bridgehead atoms. The highest BCUT2D eigenvalue weighted by atomic mass is 19.3. The maximum absolute atomic E-state index is 12.4. The molecule has 4 nitrogen and oxygen atoms in total. The van der Waals surface area contributed by atoms with Gasteiger partial charge in [0.25, 0.3) is 6.43 Å². The second kappa shape index (κ2) is 4.36. The van der Waals surface area contributed by atoms with Gasteiger partial charge in [0.15, 0.2) is 5.82 Å². The maximum atomic E-state index is 12.4. The molecule has 6 heteroatoms. The number of aromatic nitrogens is 3. The van der Waals surface area contributed by atoms with Crippen molar-refractivity contribution in [1.29, 1.82) is 0 Å². The lowest BCUT2D eigenvalue weighted by Gasteiger charge is -2.05. The van der Waals surface area contributed by atoms with Gasteiger partial charge in [-0.05, 0) is 12.1 Å². The van der Waals surface area contributed by atoms with Crippen LogP contribution in [0.4, 0.5) is 8.78 Å². The first kappa shape index (κ1) is 10.7. The fourth-order valence-electron chi connectivity index (χ4n) is 1.37. The average Bonchev–Trinajstić information content (AvgIpc) is 2.78. The minimum Gasteiger partial charge on any atom is -0.326 e. The van der Waals surface area contributed by atoms with Crippen LogP contribution in [0.2, 0.25) is 0 Å². The van der Waals surface area contributed by atoms with E-state index >= 15 is 0 Å². The highest BCUT2D eigenvalue weighted by Crippen LogP contribution is 2.18. The van der Waals surface area contributed by atoms with Crippen molar-refractivity contribution in [3.05, 3.63) is 41.9 Å². The summed E-state index contributed by atoms with van der Waals surface area (Å²) in [7, 11) is 0. The topological polar surface area (TPSA) is 56.7 Å². The lowest BCUT2D eigenvalue weighted by atomic mass is 10.2. The maximum Gasteiger partial charge on any atom is 0.282 e. The Hall–Kier alpha value is -1.82. The highest BCUT2D eigenvalue weighted by Gasteiger charge is 2.12. The SMILES string of the molecule is NCc1cccnc1-n1ccc(C(F)F)n1. The number of nitrogens with two attached hydrogens (primary N) is 1. The van der Waals surface area contributed by atoms with Crippen LogP contribution in [0.15, 0.2) is 30.6 Å². The molecule has 2 heterocycles. The predicted octanol–water partition coefficient (Wildman–Crippen LogP) is 1.66. The van der Waals surface area contributed by atoms with E-state index in [0.717, 1.165) is 5.56 Å². The molecule has 0 spiro atoms. The molecule has 2 aromatic rings. The fraction of sp³-hybridized carbons (Fsp3) is 0.200. The molecule has 16 heavy (non-hydrogen) atoms. The second-order valence-electron chi connectivity index (χ2n) is 3.18. The largest absolute Gasteiger partial charge is 0.326 e. The van der Waals surface area contributed by atoms with Crippen LogP contribution in [0.25, 0.3) is 5.82 Å². The zero-order chi connectivity index (χ0) is 11.5. The zero-order valence-electron chi connectivity index (χ0n) is 8.35. The summed E-state index contributed by atoms with van der Waals surface area (Å²) in [6, 6.07) is 4.79.